The summed E-state index contributed by atoms with van der Waals surface area (Å²) in [6, 6.07) is 0. The van der Waals surface area contributed by atoms with E-state index in [9.17, 15) is 4.79 Å². The fourth-order valence-corrected chi connectivity index (χ4v) is 2.05. The summed E-state index contributed by atoms with van der Waals surface area (Å²) in [6.45, 7) is 2.01. The van der Waals surface area contributed by atoms with Gasteiger partial charge in [0.15, 0.2) is 0 Å². The van der Waals surface area contributed by atoms with Crippen molar-refractivity contribution in [3.8, 4) is 0 Å². The molecule has 0 saturated heterocycles. The molecule has 0 heterocycles. The second kappa shape index (κ2) is 7.09. The number of esters is 1. The maximum absolute atomic E-state index is 11.4. The summed E-state index contributed by atoms with van der Waals surface area (Å²) in [4.78, 5) is 11.4. The van der Waals surface area contributed by atoms with E-state index < -0.39 is 5.54 Å². The van der Waals surface area contributed by atoms with Gasteiger partial charge in [0.05, 0.1) is 7.11 Å². The van der Waals surface area contributed by atoms with E-state index in [0.717, 1.165) is 12.2 Å². The van der Waals surface area contributed by atoms with Crippen molar-refractivity contribution >= 4 is 17.7 Å². The number of nitrogens with one attached hydrogen (secondary N) is 1. The first-order valence-electron chi connectivity index (χ1n) is 4.56. The number of methoxy groups -OCH3 is 1. The lowest BCUT2D eigenvalue weighted by Crippen LogP contribution is -2.50. The SMILES string of the molecule is CNC(C)(CSCCCO)C(=O)OC. The van der Waals surface area contributed by atoms with Gasteiger partial charge in [0.25, 0.3) is 0 Å². The Hall–Kier alpha value is -0.260. The van der Waals surface area contributed by atoms with Crippen LogP contribution >= 0.6 is 11.8 Å². The molecule has 1 atom stereocenters. The van der Waals surface area contributed by atoms with E-state index in [2.05, 4.69) is 5.32 Å². The monoisotopic (exact) mass is 221 g/mol. The summed E-state index contributed by atoms with van der Waals surface area (Å²) in [5.41, 5.74) is -0.630. The average molecular weight is 221 g/mol. The molecule has 2 N–H and O–H groups in total. The minimum absolute atomic E-state index is 0.196. The van der Waals surface area contributed by atoms with Crippen LogP contribution < -0.4 is 5.32 Å². The van der Waals surface area contributed by atoms with Crippen molar-refractivity contribution in [3.05, 3.63) is 0 Å². The van der Waals surface area contributed by atoms with Crippen LogP contribution in [0.5, 0.6) is 0 Å². The van der Waals surface area contributed by atoms with Gasteiger partial charge in [-0.05, 0) is 26.1 Å². The van der Waals surface area contributed by atoms with Gasteiger partial charge in [-0.1, -0.05) is 0 Å². The van der Waals surface area contributed by atoms with Crippen LogP contribution in [0.25, 0.3) is 0 Å². The van der Waals surface area contributed by atoms with Crippen LogP contribution in [0.2, 0.25) is 0 Å². The van der Waals surface area contributed by atoms with Crippen LogP contribution in [0.1, 0.15) is 13.3 Å². The molecule has 0 radical (unpaired) electrons. The number of carbonyl (C=O) groups is 1. The highest BCUT2D eigenvalue weighted by Gasteiger charge is 2.32. The number of carbonyl (C=O) groups excluding carboxylic acids is 1. The number of thioether (sulfide) groups is 1. The molecule has 0 spiro atoms. The largest absolute Gasteiger partial charge is 0.468 e. The molecule has 4 nitrogen and oxygen atoms in total. The predicted molar refractivity (Wildman–Crippen MR) is 58.5 cm³/mol. The van der Waals surface area contributed by atoms with Crippen LogP contribution in [-0.2, 0) is 9.53 Å². The van der Waals surface area contributed by atoms with Crippen molar-refractivity contribution in [1.82, 2.24) is 5.32 Å². The molecule has 0 saturated carbocycles. The first-order valence-corrected chi connectivity index (χ1v) is 5.72. The molecule has 0 amide bonds. The van der Waals surface area contributed by atoms with Crippen LogP contribution in [0.15, 0.2) is 0 Å². The minimum atomic E-state index is -0.630. The molecular formula is C9H19NO3S. The van der Waals surface area contributed by atoms with Gasteiger partial charge in [-0.2, -0.15) is 11.8 Å². The number of likely N-dealkylation sites (N-methyl/N-ethyl adjacent to an activating group) is 1. The highest BCUT2D eigenvalue weighted by atomic mass is 32.2. The number of ether oxygens (including phenoxy) is 1. The molecule has 14 heavy (non-hydrogen) atoms. The van der Waals surface area contributed by atoms with Gasteiger partial charge in [-0.3, -0.25) is 4.79 Å². The molecule has 5 heteroatoms. The van der Waals surface area contributed by atoms with Crippen LogP contribution in [0, 0.1) is 0 Å². The number of hydrogen-bond donors (Lipinski definition) is 2. The summed E-state index contributed by atoms with van der Waals surface area (Å²) >= 11 is 1.63. The molecule has 1 unspecified atom stereocenters. The quantitative estimate of drug-likeness (QED) is 0.477. The first kappa shape index (κ1) is 13.7. The summed E-state index contributed by atoms with van der Waals surface area (Å²) in [5.74, 6) is 1.25. The first-order chi connectivity index (χ1) is 6.60. The fraction of sp³-hybridized carbons (Fsp3) is 0.889. The zero-order valence-electron chi connectivity index (χ0n) is 9.00. The molecular weight excluding hydrogens is 202 g/mol. The van der Waals surface area contributed by atoms with E-state index in [4.69, 9.17) is 9.84 Å². The van der Waals surface area contributed by atoms with Crippen molar-refractivity contribution < 1.29 is 14.6 Å². The smallest absolute Gasteiger partial charge is 0.326 e. The molecule has 84 valence electrons. The molecule has 0 aromatic heterocycles. The molecule has 0 rings (SSSR count). The summed E-state index contributed by atoms with van der Waals surface area (Å²) in [7, 11) is 3.12. The van der Waals surface area contributed by atoms with E-state index >= 15 is 0 Å². The maximum Gasteiger partial charge on any atom is 0.326 e. The Kier molecular flexibility index (Phi) is 6.96. The van der Waals surface area contributed by atoms with E-state index in [0.29, 0.717) is 5.75 Å². The number of aliphatic hydroxyl groups excluding tert-OH is 1. The Morgan fingerprint density at radius 2 is 2.29 bits per heavy atom. The van der Waals surface area contributed by atoms with Crippen molar-refractivity contribution in [2.75, 3.05) is 32.3 Å². The van der Waals surface area contributed by atoms with Crippen molar-refractivity contribution in [2.24, 2.45) is 0 Å². The average Bonchev–Trinajstić information content (AvgIpc) is 2.22. The van der Waals surface area contributed by atoms with E-state index in [-0.39, 0.29) is 12.6 Å². The van der Waals surface area contributed by atoms with Gasteiger partial charge in [0.2, 0.25) is 0 Å². The molecule has 0 bridgehead atoms. The Labute approximate surface area is 89.4 Å². The minimum Gasteiger partial charge on any atom is -0.468 e. The normalized spacial score (nSPS) is 14.9. The highest BCUT2D eigenvalue weighted by molar-refractivity contribution is 7.99. The lowest BCUT2D eigenvalue weighted by atomic mass is 10.1. The Morgan fingerprint density at radius 3 is 2.71 bits per heavy atom. The Balaban J connectivity index is 3.93. The van der Waals surface area contributed by atoms with Crippen molar-refractivity contribution in [1.29, 1.82) is 0 Å². The fourth-order valence-electron chi connectivity index (χ4n) is 0.901. The lowest BCUT2D eigenvalue weighted by Gasteiger charge is -2.25. The molecule has 0 aliphatic rings. The highest BCUT2D eigenvalue weighted by Crippen LogP contribution is 2.15. The number of aliphatic hydroxyl groups is 1. The molecule has 0 fully saturated rings. The van der Waals surface area contributed by atoms with Gasteiger partial charge in [0.1, 0.15) is 5.54 Å². The molecule has 0 aromatic carbocycles. The Morgan fingerprint density at radius 1 is 1.64 bits per heavy atom. The number of rotatable bonds is 7. The summed E-state index contributed by atoms with van der Waals surface area (Å²) in [6.07, 6.45) is 0.756. The third-order valence-electron chi connectivity index (χ3n) is 2.03. The summed E-state index contributed by atoms with van der Waals surface area (Å²) < 4.78 is 4.70. The Bertz CT molecular complexity index is 177. The standard InChI is InChI=1S/C9H19NO3S/c1-9(10-2,8(12)13-3)7-14-6-4-5-11/h10-11H,4-7H2,1-3H3. The van der Waals surface area contributed by atoms with Gasteiger partial charge in [-0.25, -0.2) is 0 Å². The second-order valence-electron chi connectivity index (χ2n) is 3.20. The van der Waals surface area contributed by atoms with Crippen molar-refractivity contribution in [2.45, 2.75) is 18.9 Å². The van der Waals surface area contributed by atoms with Crippen LogP contribution in [0.4, 0.5) is 0 Å². The lowest BCUT2D eigenvalue weighted by molar-refractivity contribution is -0.146. The molecule has 0 aromatic rings. The second-order valence-corrected chi connectivity index (χ2v) is 4.31. The topological polar surface area (TPSA) is 58.6 Å². The van der Waals surface area contributed by atoms with E-state index in [1.54, 1.807) is 18.8 Å². The van der Waals surface area contributed by atoms with E-state index in [1.165, 1.54) is 7.11 Å². The van der Waals surface area contributed by atoms with Gasteiger partial charge < -0.3 is 15.2 Å². The van der Waals surface area contributed by atoms with E-state index in [1.807, 2.05) is 6.92 Å². The third-order valence-corrected chi connectivity index (χ3v) is 3.38. The van der Waals surface area contributed by atoms with Gasteiger partial charge in [-0.15, -0.1) is 0 Å². The predicted octanol–water partition coefficient (Wildman–Crippen LogP) is 0.253. The van der Waals surface area contributed by atoms with Crippen LogP contribution in [-0.4, -0.2) is 48.9 Å². The number of hydrogen-bond acceptors (Lipinski definition) is 5. The zero-order chi connectivity index (χ0) is 11.0. The van der Waals surface area contributed by atoms with Gasteiger partial charge in [0, 0.05) is 12.4 Å². The van der Waals surface area contributed by atoms with Crippen molar-refractivity contribution in [3.63, 3.8) is 0 Å². The van der Waals surface area contributed by atoms with Crippen LogP contribution in [0.3, 0.4) is 0 Å². The van der Waals surface area contributed by atoms with Gasteiger partial charge >= 0.3 is 5.97 Å². The third kappa shape index (κ3) is 4.30. The summed E-state index contributed by atoms with van der Waals surface area (Å²) in [5, 5.41) is 11.5. The maximum atomic E-state index is 11.4. The molecule has 0 aliphatic carbocycles. The molecule has 0 aliphatic heterocycles. The zero-order valence-corrected chi connectivity index (χ0v) is 9.82.